The van der Waals surface area contributed by atoms with Crippen molar-refractivity contribution < 1.29 is 19.4 Å². The maximum absolute atomic E-state index is 11.3. The van der Waals surface area contributed by atoms with Gasteiger partial charge in [0, 0.05) is 13.3 Å². The molecule has 1 saturated carbocycles. The molecule has 0 heterocycles. The van der Waals surface area contributed by atoms with E-state index in [0.29, 0.717) is 18.4 Å². The van der Waals surface area contributed by atoms with E-state index in [1.54, 1.807) is 0 Å². The van der Waals surface area contributed by atoms with E-state index in [4.69, 9.17) is 9.84 Å². The van der Waals surface area contributed by atoms with Crippen LogP contribution in [0.5, 0.6) is 0 Å². The molecule has 5 unspecified atom stereocenters. The summed E-state index contributed by atoms with van der Waals surface area (Å²) in [5.41, 5.74) is 1.58. The average Bonchev–Trinajstić information content (AvgIpc) is 2.55. The molecule has 0 aromatic carbocycles. The van der Waals surface area contributed by atoms with Crippen molar-refractivity contribution in [1.29, 1.82) is 0 Å². The lowest BCUT2D eigenvalue weighted by molar-refractivity contribution is -0.141. The van der Waals surface area contributed by atoms with Gasteiger partial charge >= 0.3 is 11.9 Å². The summed E-state index contributed by atoms with van der Waals surface area (Å²) in [6.07, 6.45) is 9.12. The van der Waals surface area contributed by atoms with Gasteiger partial charge in [0.25, 0.3) is 0 Å². The summed E-state index contributed by atoms with van der Waals surface area (Å²) >= 11 is 0. The van der Waals surface area contributed by atoms with Crippen molar-refractivity contribution in [3.05, 3.63) is 11.6 Å². The first-order valence-electron chi connectivity index (χ1n) is 10.1. The molecule has 0 aromatic heterocycles. The molecule has 4 heteroatoms. The summed E-state index contributed by atoms with van der Waals surface area (Å²) < 4.78 is 5.36. The van der Waals surface area contributed by atoms with Crippen molar-refractivity contribution in [2.24, 2.45) is 28.6 Å². The van der Waals surface area contributed by atoms with Crippen LogP contribution in [-0.4, -0.2) is 23.7 Å². The Balaban J connectivity index is 2.18. The largest absolute Gasteiger partial charge is 0.481 e. The molecule has 4 nitrogen and oxygen atoms in total. The van der Waals surface area contributed by atoms with Crippen LogP contribution in [0.15, 0.2) is 11.6 Å². The summed E-state index contributed by atoms with van der Waals surface area (Å²) in [6.45, 7) is 11.1. The Labute approximate surface area is 158 Å². The summed E-state index contributed by atoms with van der Waals surface area (Å²) in [5.74, 6) is 0.487. The monoisotopic (exact) mass is 364 g/mol. The highest BCUT2D eigenvalue weighted by molar-refractivity contribution is 5.67. The summed E-state index contributed by atoms with van der Waals surface area (Å²) in [4.78, 5) is 22.3. The molecule has 2 aliphatic rings. The van der Waals surface area contributed by atoms with Gasteiger partial charge in [-0.2, -0.15) is 0 Å². The van der Waals surface area contributed by atoms with E-state index in [9.17, 15) is 9.59 Å². The Morgan fingerprint density at radius 1 is 1.35 bits per heavy atom. The standard InChI is InChI=1S/C22H36O4/c1-15(13-20(24)25)9-11-21(4)16(2)10-12-22(5)18(14-26-17(3)23)7-6-8-19(21)22/h7,15-16,19H,6,8-14H2,1-5H3,(H,24,25). The summed E-state index contributed by atoms with van der Waals surface area (Å²) in [7, 11) is 0. The number of rotatable bonds is 7. The lowest BCUT2D eigenvalue weighted by atomic mass is 9.46. The quantitative estimate of drug-likeness (QED) is 0.497. The smallest absolute Gasteiger partial charge is 0.303 e. The number of esters is 1. The number of carboxylic acid groups (broad SMARTS) is 1. The molecule has 0 aromatic rings. The van der Waals surface area contributed by atoms with Gasteiger partial charge in [-0.05, 0) is 72.7 Å². The number of carbonyl (C=O) groups excluding carboxylic acids is 1. The number of aliphatic carboxylic acids is 1. The third-order valence-electron chi connectivity index (χ3n) is 7.50. The van der Waals surface area contributed by atoms with Crippen LogP contribution in [0.3, 0.4) is 0 Å². The van der Waals surface area contributed by atoms with Crippen LogP contribution in [0, 0.1) is 28.6 Å². The van der Waals surface area contributed by atoms with E-state index < -0.39 is 5.97 Å². The predicted molar refractivity (Wildman–Crippen MR) is 103 cm³/mol. The Bertz CT molecular complexity index is 566. The fourth-order valence-electron chi connectivity index (χ4n) is 5.56. The van der Waals surface area contributed by atoms with Crippen molar-refractivity contribution in [1.82, 2.24) is 0 Å². The number of allylic oxidation sites excluding steroid dienone is 1. The van der Waals surface area contributed by atoms with Gasteiger partial charge in [0.05, 0.1) is 0 Å². The van der Waals surface area contributed by atoms with Gasteiger partial charge in [-0.15, -0.1) is 0 Å². The first-order valence-corrected chi connectivity index (χ1v) is 10.1. The van der Waals surface area contributed by atoms with E-state index in [1.807, 2.05) is 0 Å². The summed E-state index contributed by atoms with van der Waals surface area (Å²) in [6, 6.07) is 0. The molecule has 2 rings (SSSR count). The highest BCUT2D eigenvalue weighted by Crippen LogP contribution is 2.62. The number of hydrogen-bond acceptors (Lipinski definition) is 3. The second kappa shape index (κ2) is 8.14. The van der Waals surface area contributed by atoms with Crippen LogP contribution in [-0.2, 0) is 14.3 Å². The zero-order chi connectivity index (χ0) is 19.5. The molecule has 0 amide bonds. The number of carboxylic acids is 1. The minimum Gasteiger partial charge on any atom is -0.481 e. The van der Waals surface area contributed by atoms with Gasteiger partial charge in [0.2, 0.25) is 0 Å². The van der Waals surface area contributed by atoms with E-state index in [1.165, 1.54) is 25.3 Å². The highest BCUT2D eigenvalue weighted by Gasteiger charge is 2.53. The molecule has 0 radical (unpaired) electrons. The van der Waals surface area contributed by atoms with E-state index in [2.05, 4.69) is 33.8 Å². The second-order valence-electron chi connectivity index (χ2n) is 9.24. The molecule has 26 heavy (non-hydrogen) atoms. The first kappa shape index (κ1) is 21.0. The lowest BCUT2D eigenvalue weighted by Crippen LogP contribution is -2.50. The Morgan fingerprint density at radius 2 is 2.04 bits per heavy atom. The number of hydrogen-bond donors (Lipinski definition) is 1. The minimum absolute atomic E-state index is 0.0883. The molecule has 1 N–H and O–H groups in total. The Hall–Kier alpha value is -1.32. The number of carbonyl (C=O) groups is 2. The fraction of sp³-hybridized carbons (Fsp3) is 0.818. The second-order valence-corrected chi connectivity index (χ2v) is 9.24. The average molecular weight is 365 g/mol. The molecule has 0 bridgehead atoms. The SMILES string of the molecule is CC(=O)OCC1=CCCC2C1(C)CCC(C)C2(C)CCC(C)CC(=O)O. The van der Waals surface area contributed by atoms with Gasteiger partial charge in [-0.1, -0.05) is 33.8 Å². The maximum atomic E-state index is 11.3. The van der Waals surface area contributed by atoms with Crippen molar-refractivity contribution in [3.63, 3.8) is 0 Å². The molecule has 0 saturated heterocycles. The van der Waals surface area contributed by atoms with Crippen molar-refractivity contribution >= 4 is 11.9 Å². The highest BCUT2D eigenvalue weighted by atomic mass is 16.5. The third-order valence-corrected chi connectivity index (χ3v) is 7.50. The van der Waals surface area contributed by atoms with E-state index in [0.717, 1.165) is 25.7 Å². The van der Waals surface area contributed by atoms with Crippen molar-refractivity contribution in [2.45, 2.75) is 79.6 Å². The van der Waals surface area contributed by atoms with Gasteiger partial charge in [-0.3, -0.25) is 9.59 Å². The first-order chi connectivity index (χ1) is 12.1. The molecular weight excluding hydrogens is 328 g/mol. The molecule has 0 spiro atoms. The van der Waals surface area contributed by atoms with Crippen LogP contribution in [0.2, 0.25) is 0 Å². The molecule has 0 aliphatic heterocycles. The maximum Gasteiger partial charge on any atom is 0.303 e. The van der Waals surface area contributed by atoms with Gasteiger partial charge < -0.3 is 9.84 Å². The number of ether oxygens (including phenoxy) is 1. The lowest BCUT2D eigenvalue weighted by Gasteiger charge is -2.58. The molecule has 148 valence electrons. The van der Waals surface area contributed by atoms with Gasteiger partial charge in [0.1, 0.15) is 6.61 Å². The van der Waals surface area contributed by atoms with Crippen LogP contribution in [0.1, 0.15) is 79.6 Å². The van der Waals surface area contributed by atoms with Crippen LogP contribution in [0.4, 0.5) is 0 Å². The Kier molecular flexibility index (Phi) is 6.57. The molecule has 1 fully saturated rings. The van der Waals surface area contributed by atoms with Crippen molar-refractivity contribution in [3.8, 4) is 0 Å². The van der Waals surface area contributed by atoms with Crippen LogP contribution < -0.4 is 0 Å². The van der Waals surface area contributed by atoms with E-state index >= 15 is 0 Å². The van der Waals surface area contributed by atoms with Crippen molar-refractivity contribution in [2.75, 3.05) is 6.61 Å². The summed E-state index contributed by atoms with van der Waals surface area (Å²) in [5, 5.41) is 9.06. The third kappa shape index (κ3) is 4.32. The molecular formula is C22H36O4. The van der Waals surface area contributed by atoms with Gasteiger partial charge in [-0.25, -0.2) is 0 Å². The number of fused-ring (bicyclic) bond motifs is 1. The Morgan fingerprint density at radius 3 is 2.65 bits per heavy atom. The predicted octanol–water partition coefficient (Wildman–Crippen LogP) is 5.22. The topological polar surface area (TPSA) is 63.6 Å². The normalized spacial score (nSPS) is 35.2. The molecule has 2 aliphatic carbocycles. The molecule has 5 atom stereocenters. The van der Waals surface area contributed by atoms with E-state index in [-0.39, 0.29) is 29.1 Å². The fourth-order valence-corrected chi connectivity index (χ4v) is 5.56. The van der Waals surface area contributed by atoms with Crippen LogP contribution >= 0.6 is 0 Å². The zero-order valence-corrected chi connectivity index (χ0v) is 17.1. The van der Waals surface area contributed by atoms with Gasteiger partial charge in [0.15, 0.2) is 0 Å². The van der Waals surface area contributed by atoms with Crippen LogP contribution in [0.25, 0.3) is 0 Å². The zero-order valence-electron chi connectivity index (χ0n) is 17.1. The minimum atomic E-state index is -0.701.